The predicted octanol–water partition coefficient (Wildman–Crippen LogP) is 2.84. The summed E-state index contributed by atoms with van der Waals surface area (Å²) in [5.74, 6) is 0.553. The second kappa shape index (κ2) is 6.25. The van der Waals surface area contributed by atoms with Gasteiger partial charge in [-0.25, -0.2) is 14.2 Å². The standard InChI is InChI=1S/C15H14N2O5S/c1-3-20-9-5-6-10-12(7-9)23-14-16-8-11(13(18)17(10)14)22-15(19)21-4-2/h5-8H,3-4H2,1-2H3. The van der Waals surface area contributed by atoms with Crippen molar-refractivity contribution in [1.29, 1.82) is 0 Å². The zero-order valence-corrected chi connectivity index (χ0v) is 13.4. The number of hydrogen-bond acceptors (Lipinski definition) is 7. The molecule has 3 rings (SSSR count). The van der Waals surface area contributed by atoms with Gasteiger partial charge >= 0.3 is 11.7 Å². The van der Waals surface area contributed by atoms with Crippen LogP contribution in [0.25, 0.3) is 15.2 Å². The van der Waals surface area contributed by atoms with Crippen LogP contribution < -0.4 is 15.0 Å². The van der Waals surface area contributed by atoms with E-state index in [1.165, 1.54) is 21.9 Å². The van der Waals surface area contributed by atoms with Crippen molar-refractivity contribution in [3.8, 4) is 11.5 Å². The number of carbonyl (C=O) groups is 1. The first-order valence-corrected chi connectivity index (χ1v) is 7.87. The minimum Gasteiger partial charge on any atom is -0.494 e. The summed E-state index contributed by atoms with van der Waals surface area (Å²) in [5.41, 5.74) is 0.221. The Morgan fingerprint density at radius 2 is 2.13 bits per heavy atom. The lowest BCUT2D eigenvalue weighted by atomic mass is 10.3. The summed E-state index contributed by atoms with van der Waals surface area (Å²) in [5, 5.41) is 0. The van der Waals surface area contributed by atoms with Gasteiger partial charge in [0.15, 0.2) is 4.96 Å². The number of ether oxygens (including phenoxy) is 3. The molecule has 0 atom stereocenters. The maximum Gasteiger partial charge on any atom is 0.514 e. The molecule has 2 heterocycles. The Kier molecular flexibility index (Phi) is 4.16. The van der Waals surface area contributed by atoms with Crippen molar-refractivity contribution in [1.82, 2.24) is 9.38 Å². The average molecular weight is 334 g/mol. The quantitative estimate of drug-likeness (QED) is 0.683. The van der Waals surface area contributed by atoms with Gasteiger partial charge in [-0.1, -0.05) is 11.3 Å². The summed E-state index contributed by atoms with van der Waals surface area (Å²) >= 11 is 1.35. The molecule has 7 nitrogen and oxygen atoms in total. The van der Waals surface area contributed by atoms with Crippen molar-refractivity contribution in [2.24, 2.45) is 0 Å². The van der Waals surface area contributed by atoms with E-state index in [-0.39, 0.29) is 12.4 Å². The third-order valence-electron chi connectivity index (χ3n) is 3.04. The summed E-state index contributed by atoms with van der Waals surface area (Å²) < 4.78 is 17.3. The minimum atomic E-state index is -0.926. The van der Waals surface area contributed by atoms with Gasteiger partial charge in [-0.3, -0.25) is 4.79 Å². The Balaban J connectivity index is 2.11. The van der Waals surface area contributed by atoms with Crippen molar-refractivity contribution in [2.45, 2.75) is 13.8 Å². The van der Waals surface area contributed by atoms with Gasteiger partial charge in [-0.2, -0.15) is 0 Å². The van der Waals surface area contributed by atoms with Gasteiger partial charge in [-0.15, -0.1) is 0 Å². The van der Waals surface area contributed by atoms with Gasteiger partial charge in [0.25, 0.3) is 0 Å². The number of thiazole rings is 1. The molecule has 0 radical (unpaired) electrons. The molecule has 3 aromatic rings. The number of benzene rings is 1. The van der Waals surface area contributed by atoms with Gasteiger partial charge in [-0.05, 0) is 32.0 Å². The topological polar surface area (TPSA) is 79.1 Å². The Hall–Kier alpha value is -2.61. The Morgan fingerprint density at radius 1 is 1.30 bits per heavy atom. The van der Waals surface area contributed by atoms with Gasteiger partial charge < -0.3 is 14.2 Å². The van der Waals surface area contributed by atoms with Gasteiger partial charge in [0.05, 0.1) is 29.6 Å². The number of nitrogens with zero attached hydrogens (tertiary/aromatic N) is 2. The third kappa shape index (κ3) is 2.85. The Bertz CT molecular complexity index is 931. The third-order valence-corrected chi connectivity index (χ3v) is 4.05. The van der Waals surface area contributed by atoms with Crippen LogP contribution in [0.3, 0.4) is 0 Å². The maximum absolute atomic E-state index is 12.5. The van der Waals surface area contributed by atoms with E-state index in [1.54, 1.807) is 19.1 Å². The van der Waals surface area contributed by atoms with Crippen LogP contribution in [-0.2, 0) is 4.74 Å². The molecule has 0 aliphatic carbocycles. The van der Waals surface area contributed by atoms with Crippen molar-refractivity contribution in [3.63, 3.8) is 0 Å². The summed E-state index contributed by atoms with van der Waals surface area (Å²) in [6.45, 7) is 4.28. The van der Waals surface area contributed by atoms with E-state index in [9.17, 15) is 9.59 Å². The van der Waals surface area contributed by atoms with Crippen LogP contribution in [0.4, 0.5) is 4.79 Å². The van der Waals surface area contributed by atoms with E-state index in [0.717, 1.165) is 10.4 Å². The van der Waals surface area contributed by atoms with Crippen molar-refractivity contribution in [2.75, 3.05) is 13.2 Å². The molecule has 0 amide bonds. The highest BCUT2D eigenvalue weighted by molar-refractivity contribution is 7.23. The molecular formula is C15H14N2O5S. The van der Waals surface area contributed by atoms with Crippen molar-refractivity contribution >= 4 is 32.7 Å². The lowest BCUT2D eigenvalue weighted by Gasteiger charge is -2.04. The van der Waals surface area contributed by atoms with Gasteiger partial charge in [0.2, 0.25) is 5.75 Å². The molecule has 8 heteroatoms. The highest BCUT2D eigenvalue weighted by atomic mass is 32.1. The Morgan fingerprint density at radius 3 is 2.87 bits per heavy atom. The molecule has 0 aliphatic rings. The summed E-state index contributed by atoms with van der Waals surface area (Å²) in [4.78, 5) is 28.6. The Labute approximate surface area is 135 Å². The molecule has 120 valence electrons. The fraction of sp³-hybridized carbons (Fsp3) is 0.267. The van der Waals surface area contributed by atoms with Crippen LogP contribution in [0.2, 0.25) is 0 Å². The fourth-order valence-corrected chi connectivity index (χ4v) is 3.14. The van der Waals surface area contributed by atoms with E-state index in [0.29, 0.717) is 17.1 Å². The van der Waals surface area contributed by atoms with Crippen molar-refractivity contribution in [3.05, 3.63) is 34.7 Å². The normalized spacial score (nSPS) is 10.9. The molecule has 0 unspecified atom stereocenters. The SMILES string of the molecule is CCOC(=O)Oc1cnc2sc3cc(OCC)ccc3n2c1=O. The lowest BCUT2D eigenvalue weighted by Crippen LogP contribution is -2.20. The predicted molar refractivity (Wildman–Crippen MR) is 85.7 cm³/mol. The fourth-order valence-electron chi connectivity index (χ4n) is 2.13. The zero-order valence-electron chi connectivity index (χ0n) is 12.6. The molecular weight excluding hydrogens is 320 g/mol. The van der Waals surface area contributed by atoms with E-state index in [4.69, 9.17) is 9.47 Å². The number of rotatable bonds is 4. The average Bonchev–Trinajstić information content (AvgIpc) is 2.89. The molecule has 1 aromatic carbocycles. The zero-order chi connectivity index (χ0) is 16.4. The van der Waals surface area contributed by atoms with E-state index in [2.05, 4.69) is 9.72 Å². The first-order chi connectivity index (χ1) is 11.1. The highest BCUT2D eigenvalue weighted by Gasteiger charge is 2.15. The first kappa shape index (κ1) is 15.3. The van der Waals surface area contributed by atoms with Crippen LogP contribution in [-0.4, -0.2) is 28.8 Å². The van der Waals surface area contributed by atoms with Crippen LogP contribution in [0.1, 0.15) is 13.8 Å². The number of carbonyl (C=O) groups excluding carboxylic acids is 1. The molecule has 0 bridgehead atoms. The van der Waals surface area contributed by atoms with Crippen LogP contribution in [0.15, 0.2) is 29.2 Å². The smallest absolute Gasteiger partial charge is 0.494 e. The summed E-state index contributed by atoms with van der Waals surface area (Å²) in [7, 11) is 0. The number of hydrogen-bond donors (Lipinski definition) is 0. The molecule has 0 N–H and O–H groups in total. The largest absolute Gasteiger partial charge is 0.514 e. The van der Waals surface area contributed by atoms with Crippen LogP contribution >= 0.6 is 11.3 Å². The molecule has 0 saturated carbocycles. The van der Waals surface area contributed by atoms with Crippen molar-refractivity contribution < 1.29 is 19.0 Å². The maximum atomic E-state index is 12.5. The first-order valence-electron chi connectivity index (χ1n) is 7.05. The number of fused-ring (bicyclic) bond motifs is 3. The monoisotopic (exact) mass is 334 g/mol. The molecule has 0 aliphatic heterocycles. The van der Waals surface area contributed by atoms with Gasteiger partial charge in [0, 0.05) is 0 Å². The van der Waals surface area contributed by atoms with E-state index >= 15 is 0 Å². The summed E-state index contributed by atoms with van der Waals surface area (Å²) in [6, 6.07) is 5.41. The lowest BCUT2D eigenvalue weighted by molar-refractivity contribution is 0.103. The second-order valence-corrected chi connectivity index (χ2v) is 5.50. The summed E-state index contributed by atoms with van der Waals surface area (Å²) in [6.07, 6.45) is 0.303. The molecule has 0 spiro atoms. The second-order valence-electron chi connectivity index (χ2n) is 4.50. The molecule has 0 saturated heterocycles. The van der Waals surface area contributed by atoms with Crippen LogP contribution in [0, 0.1) is 0 Å². The molecule has 23 heavy (non-hydrogen) atoms. The number of aromatic nitrogens is 2. The molecule has 0 fully saturated rings. The molecule has 2 aromatic heterocycles. The highest BCUT2D eigenvalue weighted by Crippen LogP contribution is 2.28. The van der Waals surface area contributed by atoms with E-state index in [1.807, 2.05) is 13.0 Å². The van der Waals surface area contributed by atoms with E-state index < -0.39 is 11.7 Å². The van der Waals surface area contributed by atoms with Crippen LogP contribution in [0.5, 0.6) is 11.5 Å². The minimum absolute atomic E-state index is 0.164. The van der Waals surface area contributed by atoms with Gasteiger partial charge in [0.1, 0.15) is 5.75 Å².